The predicted octanol–water partition coefficient (Wildman–Crippen LogP) is 4.23. The van der Waals surface area contributed by atoms with Crippen molar-refractivity contribution in [1.29, 1.82) is 0 Å². The fourth-order valence-electron chi connectivity index (χ4n) is 2.91. The Bertz CT molecular complexity index is 473. The largest absolute Gasteiger partial charge is 0.380 e. The Morgan fingerprint density at radius 3 is 1.48 bits per heavy atom. The van der Waals surface area contributed by atoms with Crippen LogP contribution in [0.4, 0.5) is 0 Å². The molecule has 0 heterocycles. The van der Waals surface area contributed by atoms with E-state index in [4.69, 9.17) is 0 Å². The first-order valence-corrected chi connectivity index (χ1v) is 10.1. The molecule has 116 valence electrons. The second kappa shape index (κ2) is 8.99. The van der Waals surface area contributed by atoms with Crippen LogP contribution < -0.4 is 0 Å². The molecule has 0 aliphatic heterocycles. The first-order valence-electron chi connectivity index (χ1n) is 7.87. The third-order valence-electron chi connectivity index (χ3n) is 4.18. The van der Waals surface area contributed by atoms with Crippen molar-refractivity contribution in [3.63, 3.8) is 0 Å². The molecule has 0 aromatic rings. The van der Waals surface area contributed by atoms with Gasteiger partial charge in [-0.1, -0.05) is 61.3 Å². The van der Waals surface area contributed by atoms with Gasteiger partial charge in [-0.05, 0) is 46.2 Å². The molecule has 0 spiro atoms. The van der Waals surface area contributed by atoms with Gasteiger partial charge in [-0.3, -0.25) is 0 Å². The first-order chi connectivity index (χ1) is 9.66. The zero-order valence-electron chi connectivity index (χ0n) is 14.8. The molecule has 0 bridgehead atoms. The lowest BCUT2D eigenvalue weighted by molar-refractivity contribution is 0.181. The summed E-state index contributed by atoms with van der Waals surface area (Å²) in [5.74, 6) is 14.2. The van der Waals surface area contributed by atoms with Crippen LogP contribution in [0.3, 0.4) is 0 Å². The van der Waals surface area contributed by atoms with Gasteiger partial charge in [0.2, 0.25) is 0 Å². The minimum absolute atomic E-state index is 0.133. The number of hydrogen-bond acceptors (Lipinski definition) is 1. The summed E-state index contributed by atoms with van der Waals surface area (Å²) in [5, 5.41) is 9.56. The van der Waals surface area contributed by atoms with Gasteiger partial charge >= 0.3 is 0 Å². The molecule has 0 radical (unpaired) electrons. The van der Waals surface area contributed by atoms with E-state index in [9.17, 15) is 5.11 Å². The number of rotatable bonds is 4. The Balaban J connectivity index is 5.19. The Hall–Kier alpha value is -1.14. The third kappa shape index (κ3) is 5.63. The first kappa shape index (κ1) is 19.9. The standard InChI is InChI=1S/C19H30OSi/c1-15(2)19(20)13-11-9-10-12-14-21(16(3)4,17(5)6)18(7)8/h15-20H,1-8H3/t19-/m0/s1. The van der Waals surface area contributed by atoms with Crippen molar-refractivity contribution >= 4 is 8.07 Å². The van der Waals surface area contributed by atoms with E-state index >= 15 is 0 Å². The van der Waals surface area contributed by atoms with Crippen molar-refractivity contribution in [2.45, 2.75) is 78.1 Å². The average Bonchev–Trinajstić information content (AvgIpc) is 2.35. The van der Waals surface area contributed by atoms with Crippen LogP contribution >= 0.6 is 0 Å². The molecule has 0 aromatic heterocycles. The fraction of sp³-hybridized carbons (Fsp3) is 0.684. The summed E-state index contributed by atoms with van der Waals surface area (Å²) in [6.07, 6.45) is -0.609. The summed E-state index contributed by atoms with van der Waals surface area (Å²) in [5.41, 5.74) is 5.36. The van der Waals surface area contributed by atoms with Crippen LogP contribution in [0.2, 0.25) is 16.6 Å². The van der Waals surface area contributed by atoms with Crippen molar-refractivity contribution in [3.8, 4) is 35.1 Å². The lowest BCUT2D eigenvalue weighted by Gasteiger charge is -2.37. The van der Waals surface area contributed by atoms with E-state index < -0.39 is 14.2 Å². The highest BCUT2D eigenvalue weighted by atomic mass is 28.3. The minimum atomic E-state index is -1.69. The van der Waals surface area contributed by atoms with E-state index in [1.807, 2.05) is 13.8 Å². The number of hydrogen-bond donors (Lipinski definition) is 1. The van der Waals surface area contributed by atoms with E-state index in [0.717, 1.165) is 0 Å². The van der Waals surface area contributed by atoms with Crippen molar-refractivity contribution < 1.29 is 5.11 Å². The van der Waals surface area contributed by atoms with Crippen LogP contribution in [0.15, 0.2) is 0 Å². The molecule has 0 aromatic carbocycles. The van der Waals surface area contributed by atoms with Gasteiger partial charge in [0.25, 0.3) is 0 Å². The molecule has 0 amide bonds. The molecule has 1 N–H and O–H groups in total. The van der Waals surface area contributed by atoms with E-state index in [1.54, 1.807) is 0 Å². The molecule has 21 heavy (non-hydrogen) atoms. The number of aliphatic hydroxyl groups is 1. The summed E-state index contributed by atoms with van der Waals surface area (Å²) in [7, 11) is -1.69. The quantitative estimate of drug-likeness (QED) is 0.608. The molecular formula is C19H30OSi. The van der Waals surface area contributed by atoms with Crippen molar-refractivity contribution in [2.75, 3.05) is 0 Å². The molecule has 0 unspecified atom stereocenters. The second-order valence-electron chi connectivity index (χ2n) is 6.86. The van der Waals surface area contributed by atoms with Crippen molar-refractivity contribution in [1.82, 2.24) is 0 Å². The van der Waals surface area contributed by atoms with Crippen molar-refractivity contribution in [3.05, 3.63) is 0 Å². The topological polar surface area (TPSA) is 20.2 Å². The summed E-state index contributed by atoms with van der Waals surface area (Å²) >= 11 is 0. The van der Waals surface area contributed by atoms with Gasteiger partial charge in [-0.2, -0.15) is 0 Å². The maximum Gasteiger partial charge on any atom is 0.147 e. The van der Waals surface area contributed by atoms with Crippen LogP contribution in [0.25, 0.3) is 0 Å². The van der Waals surface area contributed by atoms with Crippen LogP contribution in [0, 0.1) is 41.1 Å². The molecule has 0 saturated carbocycles. The molecular weight excluding hydrogens is 272 g/mol. The van der Waals surface area contributed by atoms with Gasteiger partial charge in [-0.15, -0.1) is 5.54 Å². The maximum absolute atomic E-state index is 9.56. The Morgan fingerprint density at radius 1 is 0.667 bits per heavy atom. The molecule has 0 saturated heterocycles. The summed E-state index contributed by atoms with van der Waals surface area (Å²) in [6, 6.07) is 0. The molecule has 0 aliphatic rings. The molecule has 1 nitrogen and oxygen atoms in total. The van der Waals surface area contributed by atoms with E-state index in [2.05, 4.69) is 76.7 Å². The Kier molecular flexibility index (Phi) is 8.50. The zero-order valence-corrected chi connectivity index (χ0v) is 15.8. The molecule has 2 heteroatoms. The van der Waals surface area contributed by atoms with Gasteiger partial charge < -0.3 is 5.11 Å². The Morgan fingerprint density at radius 2 is 1.10 bits per heavy atom. The lowest BCUT2D eigenvalue weighted by atomic mass is 10.1. The minimum Gasteiger partial charge on any atom is -0.380 e. The smallest absolute Gasteiger partial charge is 0.147 e. The molecule has 0 fully saturated rings. The second-order valence-corrected chi connectivity index (χ2v) is 12.4. The monoisotopic (exact) mass is 302 g/mol. The molecule has 1 atom stereocenters. The van der Waals surface area contributed by atoms with Gasteiger partial charge in [0.15, 0.2) is 0 Å². The van der Waals surface area contributed by atoms with Gasteiger partial charge in [0.1, 0.15) is 14.2 Å². The molecule has 0 rings (SSSR count). The van der Waals surface area contributed by atoms with E-state index in [1.165, 1.54) is 0 Å². The number of aliphatic hydroxyl groups excluding tert-OH is 1. The summed E-state index contributed by atoms with van der Waals surface area (Å²) < 4.78 is 0. The highest BCUT2D eigenvalue weighted by Gasteiger charge is 2.41. The third-order valence-corrected chi connectivity index (χ3v) is 10.5. The van der Waals surface area contributed by atoms with E-state index in [-0.39, 0.29) is 5.92 Å². The fourth-order valence-corrected chi connectivity index (χ4v) is 8.06. The highest BCUT2D eigenvalue weighted by Crippen LogP contribution is 2.40. The lowest BCUT2D eigenvalue weighted by Crippen LogP contribution is -2.43. The predicted molar refractivity (Wildman–Crippen MR) is 95.2 cm³/mol. The normalized spacial score (nSPS) is 12.4. The zero-order chi connectivity index (χ0) is 16.6. The van der Waals surface area contributed by atoms with Crippen LogP contribution in [0.5, 0.6) is 0 Å². The van der Waals surface area contributed by atoms with E-state index in [0.29, 0.717) is 16.6 Å². The highest BCUT2D eigenvalue weighted by molar-refractivity contribution is 6.90. The van der Waals surface area contributed by atoms with Gasteiger partial charge in [-0.25, -0.2) is 0 Å². The summed E-state index contributed by atoms with van der Waals surface area (Å²) in [4.78, 5) is 0. The van der Waals surface area contributed by atoms with Crippen LogP contribution in [-0.4, -0.2) is 19.3 Å². The average molecular weight is 303 g/mol. The van der Waals surface area contributed by atoms with Gasteiger partial charge in [0, 0.05) is 0 Å². The molecule has 0 aliphatic carbocycles. The SMILES string of the molecule is CC(C)[C@@H](O)C#CC#CC#C[Si](C(C)C)(C(C)C)C(C)C. The van der Waals surface area contributed by atoms with Crippen molar-refractivity contribution in [2.24, 2.45) is 5.92 Å². The van der Waals surface area contributed by atoms with Crippen LogP contribution in [-0.2, 0) is 0 Å². The summed E-state index contributed by atoms with van der Waals surface area (Å²) in [6.45, 7) is 17.6. The maximum atomic E-state index is 9.56. The van der Waals surface area contributed by atoms with Gasteiger partial charge in [0.05, 0.1) is 0 Å². The van der Waals surface area contributed by atoms with Crippen LogP contribution in [0.1, 0.15) is 55.4 Å². The Labute approximate surface area is 132 Å².